The van der Waals surface area contributed by atoms with E-state index in [1.165, 1.54) is 4.68 Å². The molecular weight excluding hydrogens is 580 g/mol. The summed E-state index contributed by atoms with van der Waals surface area (Å²) < 4.78 is 1.49. The van der Waals surface area contributed by atoms with Crippen LogP contribution in [0.1, 0.15) is 30.0 Å². The van der Waals surface area contributed by atoms with E-state index < -0.39 is 17.4 Å². The number of aliphatic hydroxyl groups excluding tert-OH is 1. The zero-order valence-electron chi connectivity index (χ0n) is 25.5. The third-order valence-corrected chi connectivity index (χ3v) is 8.62. The van der Waals surface area contributed by atoms with Gasteiger partial charge in [0.1, 0.15) is 0 Å². The van der Waals surface area contributed by atoms with E-state index in [2.05, 4.69) is 5.10 Å². The Morgan fingerprint density at radius 2 is 1.61 bits per heavy atom. The van der Waals surface area contributed by atoms with Crippen molar-refractivity contribution in [3.8, 4) is 5.69 Å². The van der Waals surface area contributed by atoms with Crippen LogP contribution < -0.4 is 10.5 Å². The number of carbonyl (C=O) groups is 2. The molecule has 46 heavy (non-hydrogen) atoms. The molecule has 0 saturated carbocycles. The molecule has 0 radical (unpaired) electrons. The number of hydrogen-bond donors (Lipinski definition) is 3. The smallest absolute Gasteiger partial charge is 0.279 e. The molecule has 1 aliphatic rings. The molecule has 0 unspecified atom stereocenters. The lowest BCUT2D eigenvalue weighted by atomic mass is 9.83. The van der Waals surface area contributed by atoms with Gasteiger partial charge < -0.3 is 20.0 Å². The maximum Gasteiger partial charge on any atom is 0.279 e. The van der Waals surface area contributed by atoms with Crippen LogP contribution in [0.2, 0.25) is 0 Å². The minimum Gasteiger partial charge on any atom is -0.395 e. The number of para-hydroxylation sites is 2. The number of rotatable bonds is 11. The molecule has 6 rings (SSSR count). The number of nitrogens with one attached hydrogen (secondary N) is 1. The number of aromatic amines is 1. The molecule has 5 aromatic rings. The fourth-order valence-electron chi connectivity index (χ4n) is 6.09. The van der Waals surface area contributed by atoms with Crippen molar-refractivity contribution in [2.45, 2.75) is 32.0 Å². The molecule has 9 heteroatoms. The van der Waals surface area contributed by atoms with Gasteiger partial charge in [-0.1, -0.05) is 91.9 Å². The van der Waals surface area contributed by atoms with Gasteiger partial charge in [0.25, 0.3) is 11.5 Å². The maximum atomic E-state index is 13.9. The monoisotopic (exact) mass is 616 g/mol. The summed E-state index contributed by atoms with van der Waals surface area (Å²) >= 11 is 0. The van der Waals surface area contributed by atoms with Gasteiger partial charge >= 0.3 is 0 Å². The highest BCUT2D eigenvalue weighted by Crippen LogP contribution is 2.45. The molecule has 2 heterocycles. The first-order valence-electron chi connectivity index (χ1n) is 15.3. The number of nitrogens with zero attached hydrogens (tertiary/aromatic N) is 3. The molecule has 1 aromatic heterocycles. The van der Waals surface area contributed by atoms with E-state index in [4.69, 9.17) is 0 Å². The summed E-state index contributed by atoms with van der Waals surface area (Å²) in [5.41, 5.74) is 2.39. The van der Waals surface area contributed by atoms with Crippen LogP contribution >= 0.6 is 0 Å². The van der Waals surface area contributed by atoms with E-state index in [-0.39, 0.29) is 37.6 Å². The van der Waals surface area contributed by atoms with Crippen molar-refractivity contribution in [2.75, 3.05) is 18.1 Å². The largest absolute Gasteiger partial charge is 0.395 e. The highest BCUT2D eigenvalue weighted by molar-refractivity contribution is 6.07. The summed E-state index contributed by atoms with van der Waals surface area (Å²) in [7, 11) is 0. The Labute approximate surface area is 266 Å². The first-order valence-corrected chi connectivity index (χ1v) is 15.3. The zero-order valence-corrected chi connectivity index (χ0v) is 25.5. The molecule has 0 saturated heterocycles. The zero-order chi connectivity index (χ0) is 32.3. The minimum absolute atomic E-state index is 0.0681. The molecule has 2 atom stereocenters. The molecule has 1 aliphatic heterocycles. The fourth-order valence-corrected chi connectivity index (χ4v) is 6.09. The predicted octanol–water partition coefficient (Wildman–Crippen LogP) is 4.66. The molecular formula is C37H36N4O5. The van der Waals surface area contributed by atoms with Gasteiger partial charge in [-0.05, 0) is 41.5 Å². The van der Waals surface area contributed by atoms with E-state index >= 15 is 0 Å². The lowest BCUT2D eigenvalue weighted by Crippen LogP contribution is -2.44. The van der Waals surface area contributed by atoms with Crippen molar-refractivity contribution >= 4 is 28.4 Å². The van der Waals surface area contributed by atoms with Gasteiger partial charge in [-0.25, -0.2) is 4.68 Å². The predicted molar refractivity (Wildman–Crippen MR) is 177 cm³/mol. The third-order valence-electron chi connectivity index (χ3n) is 8.62. The first kappa shape index (κ1) is 30.8. The lowest BCUT2D eigenvalue weighted by molar-refractivity contribution is -0.139. The van der Waals surface area contributed by atoms with Crippen LogP contribution in [0, 0.1) is 5.92 Å². The van der Waals surface area contributed by atoms with E-state index in [0.717, 1.165) is 16.6 Å². The van der Waals surface area contributed by atoms with Gasteiger partial charge in [0, 0.05) is 31.0 Å². The number of benzene rings is 4. The van der Waals surface area contributed by atoms with Gasteiger partial charge in [0.05, 0.1) is 35.4 Å². The van der Waals surface area contributed by atoms with Crippen molar-refractivity contribution in [2.24, 2.45) is 5.92 Å². The number of fused-ring (bicyclic) bond motifs is 2. The molecule has 0 aliphatic carbocycles. The molecule has 0 spiro atoms. The number of aromatic nitrogens is 2. The number of H-pyrrole nitrogens is 1. The van der Waals surface area contributed by atoms with Crippen molar-refractivity contribution in [1.82, 2.24) is 14.7 Å². The summed E-state index contributed by atoms with van der Waals surface area (Å²) in [4.78, 5) is 43.0. The van der Waals surface area contributed by atoms with E-state index in [9.17, 15) is 24.6 Å². The number of anilines is 1. The summed E-state index contributed by atoms with van der Waals surface area (Å²) in [6.45, 7) is 2.44. The van der Waals surface area contributed by atoms with Gasteiger partial charge in [0.2, 0.25) is 5.91 Å². The third kappa shape index (κ3) is 5.78. The second-order valence-corrected chi connectivity index (χ2v) is 11.6. The Kier molecular flexibility index (Phi) is 8.70. The molecule has 4 aromatic carbocycles. The van der Waals surface area contributed by atoms with Crippen LogP contribution in [-0.4, -0.2) is 49.9 Å². The summed E-state index contributed by atoms with van der Waals surface area (Å²) in [6.07, 6.45) is 3.46. The number of hydrogen-bond acceptors (Lipinski definition) is 5. The Balaban J connectivity index is 1.17. The quantitative estimate of drug-likeness (QED) is 0.187. The van der Waals surface area contributed by atoms with Gasteiger partial charge in [0.15, 0.2) is 5.60 Å². The van der Waals surface area contributed by atoms with Gasteiger partial charge in [-0.2, -0.15) is 0 Å². The number of aliphatic hydroxyl groups is 2. The van der Waals surface area contributed by atoms with Gasteiger partial charge in [-0.15, -0.1) is 0 Å². The van der Waals surface area contributed by atoms with Crippen molar-refractivity contribution in [3.63, 3.8) is 0 Å². The van der Waals surface area contributed by atoms with Crippen LogP contribution in [0.3, 0.4) is 0 Å². The highest BCUT2D eigenvalue weighted by atomic mass is 16.3. The summed E-state index contributed by atoms with van der Waals surface area (Å²) in [6, 6.07) is 31.5. The first-order chi connectivity index (χ1) is 22.3. The Morgan fingerprint density at radius 3 is 2.35 bits per heavy atom. The van der Waals surface area contributed by atoms with Crippen LogP contribution in [0.25, 0.3) is 16.6 Å². The Morgan fingerprint density at radius 1 is 0.913 bits per heavy atom. The Hall–Kier alpha value is -5.25. The lowest BCUT2D eigenvalue weighted by Gasteiger charge is -2.28. The second-order valence-electron chi connectivity index (χ2n) is 11.6. The molecule has 0 fully saturated rings. The van der Waals surface area contributed by atoms with Crippen molar-refractivity contribution < 1.29 is 19.8 Å². The fraction of sp³-hybridized carbons (Fsp3) is 0.216. The summed E-state index contributed by atoms with van der Waals surface area (Å²) in [5.74, 6) is -1.24. The topological polar surface area (TPSA) is 119 Å². The minimum atomic E-state index is -1.82. The average molecular weight is 617 g/mol. The van der Waals surface area contributed by atoms with Crippen LogP contribution in [0.5, 0.6) is 0 Å². The van der Waals surface area contributed by atoms with Crippen molar-refractivity contribution in [3.05, 3.63) is 142 Å². The van der Waals surface area contributed by atoms with Crippen LogP contribution in [-0.2, 0) is 28.3 Å². The van der Waals surface area contributed by atoms with Crippen LogP contribution in [0.15, 0.2) is 120 Å². The molecule has 0 bridgehead atoms. The molecule has 2 amide bonds. The van der Waals surface area contributed by atoms with E-state index in [1.807, 2.05) is 84.9 Å². The van der Waals surface area contributed by atoms with E-state index in [1.54, 1.807) is 47.1 Å². The van der Waals surface area contributed by atoms with Crippen LogP contribution in [0.4, 0.5) is 5.69 Å². The summed E-state index contributed by atoms with van der Waals surface area (Å²) in [5, 5.41) is 25.2. The van der Waals surface area contributed by atoms with E-state index in [0.29, 0.717) is 28.9 Å². The normalized spacial score (nSPS) is 16.7. The maximum absolute atomic E-state index is 13.9. The average Bonchev–Trinajstić information content (AvgIpc) is 3.53. The van der Waals surface area contributed by atoms with Gasteiger partial charge in [-0.3, -0.25) is 19.5 Å². The second kappa shape index (κ2) is 13.0. The Bertz CT molecular complexity index is 1950. The number of carbonyl (C=O) groups excluding carboxylic acids is 2. The van der Waals surface area contributed by atoms with Crippen molar-refractivity contribution in [1.29, 1.82) is 0 Å². The SMILES string of the molecule is C[C@H](/C=C/CC(=O)N(CCO)Cc1ccccc1)[C@@]1(O)C(=O)N(Cc2ccc(-n3[nH]c4ccccc4c3=O)cc2)c2ccccc21. The standard InChI is InChI=1S/C37H36N4O5/c1-26(10-9-17-34(43)39(22-23-42)24-27-11-3-2-4-12-27)37(46)31-14-6-8-16-33(31)40(36(37)45)25-28-18-20-29(21-19-28)41-35(44)30-13-5-7-15-32(30)38-41/h2-16,18-21,26,38,42,46H,17,22-25H2,1H3/b10-9+/t26-,37+/m1/s1. The molecule has 9 nitrogen and oxygen atoms in total. The molecule has 234 valence electrons. The molecule has 3 N–H and O–H groups in total. The number of amides is 2. The highest BCUT2D eigenvalue weighted by Gasteiger charge is 2.52.